The highest BCUT2D eigenvalue weighted by Crippen LogP contribution is 2.32. The summed E-state index contributed by atoms with van der Waals surface area (Å²) in [6, 6.07) is 15.5. The van der Waals surface area contributed by atoms with Gasteiger partial charge in [-0.1, -0.05) is 30.3 Å². The molecule has 0 bridgehead atoms. The molecule has 0 atom stereocenters. The lowest BCUT2D eigenvalue weighted by Gasteiger charge is -2.15. The normalized spacial score (nSPS) is 14.1. The molecule has 0 saturated carbocycles. The number of benzene rings is 2. The molecule has 0 fully saturated rings. The van der Waals surface area contributed by atoms with Crippen molar-refractivity contribution < 1.29 is 9.90 Å². The predicted molar refractivity (Wildman–Crippen MR) is 112 cm³/mol. The molecule has 0 saturated heterocycles. The first kappa shape index (κ1) is 18.3. The summed E-state index contributed by atoms with van der Waals surface area (Å²) in [5.41, 5.74) is 7.88. The van der Waals surface area contributed by atoms with E-state index in [2.05, 4.69) is 39.4 Å². The minimum atomic E-state index is -0.128. The Hall–Kier alpha value is -3.08. The Bertz CT molecular complexity index is 1050. The van der Waals surface area contributed by atoms with Crippen LogP contribution in [0.15, 0.2) is 53.6 Å². The Morgan fingerprint density at radius 3 is 2.71 bits per heavy atom. The van der Waals surface area contributed by atoms with Gasteiger partial charge in [0.05, 0.1) is 5.71 Å². The standard InChI is InChI=1S/C23H25N3O2/c1-16(17-8-4-7-13-22(17)27)24-25-23(28)14-15-26-20-11-5-2-9-18(20)19-10-3-6-12-21(19)26/h2,4-5,7-9,11,13,27H,3,6,10,12,14-15H2,1H3,(H,25,28)/b24-16-. The highest BCUT2D eigenvalue weighted by atomic mass is 16.3. The number of nitrogens with zero attached hydrogens (tertiary/aromatic N) is 2. The summed E-state index contributed by atoms with van der Waals surface area (Å²) in [5.74, 6) is 0.0283. The number of hydrogen-bond acceptors (Lipinski definition) is 3. The van der Waals surface area contributed by atoms with Gasteiger partial charge in [0, 0.05) is 35.1 Å². The van der Waals surface area contributed by atoms with Gasteiger partial charge in [0.25, 0.3) is 0 Å². The van der Waals surface area contributed by atoms with Crippen LogP contribution in [0.25, 0.3) is 10.9 Å². The maximum Gasteiger partial charge on any atom is 0.241 e. The SMILES string of the molecule is C/C(=N/NC(=O)CCn1c2c(c3ccccc31)CCCC2)c1ccccc1O. The van der Waals surface area contributed by atoms with E-state index < -0.39 is 0 Å². The fourth-order valence-corrected chi connectivity index (χ4v) is 4.10. The molecule has 0 aliphatic heterocycles. The van der Waals surface area contributed by atoms with Crippen molar-refractivity contribution in [1.29, 1.82) is 0 Å². The molecule has 5 nitrogen and oxygen atoms in total. The highest BCUT2D eigenvalue weighted by molar-refractivity contribution is 6.01. The first-order valence-electron chi connectivity index (χ1n) is 9.85. The quantitative estimate of drug-likeness (QED) is 0.519. The Labute approximate surface area is 164 Å². The molecule has 3 aromatic rings. The van der Waals surface area contributed by atoms with Crippen molar-refractivity contribution in [3.63, 3.8) is 0 Å². The fraction of sp³-hybridized carbons (Fsp3) is 0.304. The predicted octanol–water partition coefficient (Wildman–Crippen LogP) is 4.16. The molecule has 2 aromatic carbocycles. The number of fused-ring (bicyclic) bond motifs is 3. The molecule has 4 rings (SSSR count). The average molecular weight is 375 g/mol. The first-order valence-corrected chi connectivity index (χ1v) is 9.85. The van der Waals surface area contributed by atoms with E-state index in [9.17, 15) is 9.90 Å². The van der Waals surface area contributed by atoms with E-state index in [4.69, 9.17) is 0 Å². The number of phenols is 1. The van der Waals surface area contributed by atoms with Crippen LogP contribution < -0.4 is 5.43 Å². The lowest BCUT2D eigenvalue weighted by atomic mass is 9.95. The number of aromatic hydroxyl groups is 1. The molecule has 0 radical (unpaired) electrons. The third-order valence-corrected chi connectivity index (χ3v) is 5.49. The van der Waals surface area contributed by atoms with Gasteiger partial charge in [-0.2, -0.15) is 5.10 Å². The molecule has 1 aromatic heterocycles. The summed E-state index contributed by atoms with van der Waals surface area (Å²) >= 11 is 0. The lowest BCUT2D eigenvalue weighted by Crippen LogP contribution is -2.21. The monoisotopic (exact) mass is 375 g/mol. The molecule has 1 aliphatic rings. The van der Waals surface area contributed by atoms with Gasteiger partial charge in [0.2, 0.25) is 5.91 Å². The second-order valence-corrected chi connectivity index (χ2v) is 7.30. The molecule has 1 heterocycles. The summed E-state index contributed by atoms with van der Waals surface area (Å²) in [6.45, 7) is 2.41. The molecule has 5 heteroatoms. The van der Waals surface area contributed by atoms with E-state index in [1.54, 1.807) is 25.1 Å². The number of para-hydroxylation sites is 2. The van der Waals surface area contributed by atoms with Crippen LogP contribution in [0, 0.1) is 0 Å². The maximum absolute atomic E-state index is 12.4. The second-order valence-electron chi connectivity index (χ2n) is 7.30. The maximum atomic E-state index is 12.4. The molecule has 1 aliphatic carbocycles. The van der Waals surface area contributed by atoms with Gasteiger partial charge in [0.15, 0.2) is 0 Å². The number of hydrazone groups is 1. The van der Waals surface area contributed by atoms with E-state index in [0.717, 1.165) is 12.8 Å². The molecular formula is C23H25N3O2. The van der Waals surface area contributed by atoms with Gasteiger partial charge in [-0.05, 0) is 56.4 Å². The Kier molecular flexibility index (Phi) is 5.15. The van der Waals surface area contributed by atoms with Gasteiger partial charge < -0.3 is 9.67 Å². The smallest absolute Gasteiger partial charge is 0.241 e. The number of rotatable bonds is 5. The molecule has 28 heavy (non-hydrogen) atoms. The number of aryl methyl sites for hydroxylation is 2. The van der Waals surface area contributed by atoms with Gasteiger partial charge in [-0.3, -0.25) is 4.79 Å². The van der Waals surface area contributed by atoms with E-state index >= 15 is 0 Å². The minimum absolute atomic E-state index is 0.128. The van der Waals surface area contributed by atoms with Crippen LogP contribution in [0.3, 0.4) is 0 Å². The van der Waals surface area contributed by atoms with Crippen LogP contribution >= 0.6 is 0 Å². The van der Waals surface area contributed by atoms with E-state index in [0.29, 0.717) is 24.2 Å². The Balaban J connectivity index is 1.47. The minimum Gasteiger partial charge on any atom is -0.507 e. The molecule has 2 N–H and O–H groups in total. The summed E-state index contributed by atoms with van der Waals surface area (Å²) < 4.78 is 2.31. The number of phenolic OH excluding ortho intramolecular Hbond substituents is 1. The zero-order valence-corrected chi connectivity index (χ0v) is 16.1. The van der Waals surface area contributed by atoms with Crippen molar-refractivity contribution in [2.75, 3.05) is 0 Å². The van der Waals surface area contributed by atoms with E-state index in [-0.39, 0.29) is 11.7 Å². The zero-order valence-electron chi connectivity index (χ0n) is 16.1. The summed E-state index contributed by atoms with van der Waals surface area (Å²) in [6.07, 6.45) is 5.01. The van der Waals surface area contributed by atoms with Gasteiger partial charge >= 0.3 is 0 Å². The molecule has 0 spiro atoms. The van der Waals surface area contributed by atoms with Crippen molar-refractivity contribution in [2.45, 2.75) is 45.6 Å². The van der Waals surface area contributed by atoms with Crippen molar-refractivity contribution >= 4 is 22.5 Å². The molecule has 144 valence electrons. The number of carbonyl (C=O) groups excluding carboxylic acids is 1. The summed E-state index contributed by atoms with van der Waals surface area (Å²) in [7, 11) is 0. The van der Waals surface area contributed by atoms with Crippen LogP contribution in [-0.4, -0.2) is 21.3 Å². The largest absolute Gasteiger partial charge is 0.507 e. The Morgan fingerprint density at radius 1 is 1.11 bits per heavy atom. The van der Waals surface area contributed by atoms with E-state index in [1.165, 1.54) is 35.0 Å². The van der Waals surface area contributed by atoms with Crippen LogP contribution in [0.2, 0.25) is 0 Å². The molecule has 0 unspecified atom stereocenters. The third kappa shape index (κ3) is 3.52. The van der Waals surface area contributed by atoms with Gasteiger partial charge in [0.1, 0.15) is 5.75 Å². The second kappa shape index (κ2) is 7.89. The average Bonchev–Trinajstić information content (AvgIpc) is 3.05. The van der Waals surface area contributed by atoms with Crippen LogP contribution in [0.5, 0.6) is 5.75 Å². The fourth-order valence-electron chi connectivity index (χ4n) is 4.10. The van der Waals surface area contributed by atoms with Gasteiger partial charge in [-0.15, -0.1) is 0 Å². The van der Waals surface area contributed by atoms with Crippen molar-refractivity contribution in [1.82, 2.24) is 9.99 Å². The van der Waals surface area contributed by atoms with Crippen LogP contribution in [-0.2, 0) is 24.2 Å². The van der Waals surface area contributed by atoms with Crippen molar-refractivity contribution in [3.05, 3.63) is 65.4 Å². The van der Waals surface area contributed by atoms with Gasteiger partial charge in [-0.25, -0.2) is 5.43 Å². The third-order valence-electron chi connectivity index (χ3n) is 5.49. The summed E-state index contributed by atoms with van der Waals surface area (Å²) in [5, 5.41) is 15.4. The van der Waals surface area contributed by atoms with Crippen LogP contribution in [0.1, 0.15) is 43.0 Å². The number of aromatic nitrogens is 1. The van der Waals surface area contributed by atoms with Crippen molar-refractivity contribution in [3.8, 4) is 5.75 Å². The number of amides is 1. The number of hydrogen-bond donors (Lipinski definition) is 2. The van der Waals surface area contributed by atoms with E-state index in [1.807, 2.05) is 6.07 Å². The zero-order chi connectivity index (χ0) is 19.5. The topological polar surface area (TPSA) is 66.6 Å². The highest BCUT2D eigenvalue weighted by Gasteiger charge is 2.19. The first-order chi connectivity index (χ1) is 13.6. The van der Waals surface area contributed by atoms with Crippen LogP contribution in [0.4, 0.5) is 0 Å². The molecular weight excluding hydrogens is 350 g/mol. The Morgan fingerprint density at radius 2 is 1.86 bits per heavy atom. The number of nitrogens with one attached hydrogen (secondary N) is 1. The lowest BCUT2D eigenvalue weighted by molar-refractivity contribution is -0.121. The van der Waals surface area contributed by atoms with Crippen molar-refractivity contribution in [2.24, 2.45) is 5.10 Å². The summed E-state index contributed by atoms with van der Waals surface area (Å²) in [4.78, 5) is 12.4. The number of carbonyl (C=O) groups is 1. The molecule has 1 amide bonds.